The van der Waals surface area contributed by atoms with E-state index in [2.05, 4.69) is 10.3 Å². The molecular formula is C22H23F2N5O. The lowest BCUT2D eigenvalue weighted by atomic mass is 9.90. The highest BCUT2D eigenvalue weighted by atomic mass is 19.1. The van der Waals surface area contributed by atoms with Crippen LogP contribution in [-0.4, -0.2) is 33.9 Å². The Morgan fingerprint density at radius 3 is 2.57 bits per heavy atom. The fourth-order valence-corrected chi connectivity index (χ4v) is 4.14. The van der Waals surface area contributed by atoms with Gasteiger partial charge in [0.05, 0.1) is 22.4 Å². The van der Waals surface area contributed by atoms with Gasteiger partial charge in [-0.05, 0) is 57.0 Å². The number of aliphatic hydroxyl groups excluding tert-OH is 1. The summed E-state index contributed by atoms with van der Waals surface area (Å²) in [7, 11) is 0. The van der Waals surface area contributed by atoms with E-state index < -0.39 is 23.8 Å². The smallest absolute Gasteiger partial charge is 0.133 e. The van der Waals surface area contributed by atoms with E-state index in [1.807, 2.05) is 6.92 Å². The molecule has 1 aromatic heterocycles. The number of aliphatic hydroxyl groups is 1. The van der Waals surface area contributed by atoms with E-state index in [1.165, 1.54) is 23.1 Å². The van der Waals surface area contributed by atoms with E-state index in [-0.39, 0.29) is 17.2 Å². The summed E-state index contributed by atoms with van der Waals surface area (Å²) in [5.41, 5.74) is 2.37. The number of halogens is 2. The first-order valence-corrected chi connectivity index (χ1v) is 9.53. The Morgan fingerprint density at radius 1 is 1.20 bits per heavy atom. The number of hydrogen-bond acceptors (Lipinski definition) is 4. The van der Waals surface area contributed by atoms with Crippen LogP contribution in [0.15, 0.2) is 24.4 Å². The van der Waals surface area contributed by atoms with E-state index in [9.17, 15) is 9.50 Å². The van der Waals surface area contributed by atoms with Crippen LogP contribution < -0.4 is 10.2 Å². The molecule has 5 N–H and O–H groups in total. The maximum Gasteiger partial charge on any atom is 0.133 e. The Morgan fingerprint density at radius 2 is 1.90 bits per heavy atom. The van der Waals surface area contributed by atoms with Gasteiger partial charge in [0, 0.05) is 22.7 Å². The summed E-state index contributed by atoms with van der Waals surface area (Å²) < 4.78 is 29.8. The van der Waals surface area contributed by atoms with Crippen LogP contribution in [0.1, 0.15) is 25.0 Å². The van der Waals surface area contributed by atoms with Crippen LogP contribution in [0, 0.1) is 36.3 Å². The third kappa shape index (κ3) is 2.79. The van der Waals surface area contributed by atoms with Crippen molar-refractivity contribution >= 4 is 33.9 Å². The minimum atomic E-state index is -0.877. The Balaban J connectivity index is 2.06. The maximum atomic E-state index is 15.4. The van der Waals surface area contributed by atoms with E-state index >= 15 is 4.39 Å². The first-order chi connectivity index (χ1) is 14.1. The molecule has 4 rings (SSSR count). The second-order valence-electron chi connectivity index (χ2n) is 8.14. The molecule has 6 nitrogen and oxygen atoms in total. The third-order valence-electron chi connectivity index (χ3n) is 5.63. The molecule has 2 heterocycles. The number of aromatic amines is 1. The summed E-state index contributed by atoms with van der Waals surface area (Å²) in [4.78, 5) is 4.42. The highest BCUT2D eigenvalue weighted by Gasteiger charge is 2.39. The van der Waals surface area contributed by atoms with Crippen molar-refractivity contribution in [3.05, 3.63) is 47.2 Å². The number of aromatic nitrogens is 1. The van der Waals surface area contributed by atoms with Gasteiger partial charge in [0.2, 0.25) is 0 Å². The third-order valence-corrected chi connectivity index (χ3v) is 5.63. The SMILES string of the molecule is Cc1c(-c2cc(F)cc3c(C)c[nH]c23)c(F)cc2c1N(C(=N)CO)C(=N)C(C)(C)N2. The second-order valence-corrected chi connectivity index (χ2v) is 8.14. The molecular weight excluding hydrogens is 388 g/mol. The molecule has 1 aliphatic heterocycles. The molecule has 0 aliphatic carbocycles. The summed E-state index contributed by atoms with van der Waals surface area (Å²) >= 11 is 0. The summed E-state index contributed by atoms with van der Waals surface area (Å²) in [6.07, 6.45) is 1.74. The highest BCUT2D eigenvalue weighted by molar-refractivity contribution is 6.25. The molecule has 0 bridgehead atoms. The minimum Gasteiger partial charge on any atom is -0.388 e. The largest absolute Gasteiger partial charge is 0.388 e. The average Bonchev–Trinajstić information content (AvgIpc) is 3.03. The van der Waals surface area contributed by atoms with Gasteiger partial charge in [0.25, 0.3) is 0 Å². The lowest BCUT2D eigenvalue weighted by Gasteiger charge is -2.43. The van der Waals surface area contributed by atoms with E-state index in [4.69, 9.17) is 10.8 Å². The molecule has 156 valence electrons. The predicted molar refractivity (Wildman–Crippen MR) is 116 cm³/mol. The Bertz CT molecular complexity index is 1230. The van der Waals surface area contributed by atoms with Crippen LogP contribution >= 0.6 is 0 Å². The second kappa shape index (κ2) is 6.63. The molecule has 0 fully saturated rings. The molecule has 3 aromatic rings. The summed E-state index contributed by atoms with van der Waals surface area (Å²) in [6, 6.07) is 3.99. The molecule has 1 aliphatic rings. The molecule has 0 amide bonds. The van der Waals surface area contributed by atoms with Crippen molar-refractivity contribution in [3.63, 3.8) is 0 Å². The summed E-state index contributed by atoms with van der Waals surface area (Å²) in [6.45, 7) is 6.43. The number of hydrogen-bond donors (Lipinski definition) is 5. The van der Waals surface area contributed by atoms with Crippen molar-refractivity contribution in [1.29, 1.82) is 10.8 Å². The molecule has 0 radical (unpaired) electrons. The topological polar surface area (TPSA) is 99.0 Å². The number of H-pyrrole nitrogens is 1. The van der Waals surface area contributed by atoms with Gasteiger partial charge in [-0.2, -0.15) is 0 Å². The zero-order valence-corrected chi connectivity index (χ0v) is 17.2. The monoisotopic (exact) mass is 411 g/mol. The molecule has 2 aromatic carbocycles. The van der Waals surface area contributed by atoms with Gasteiger partial charge in [0.15, 0.2) is 0 Å². The molecule has 0 unspecified atom stereocenters. The molecule has 8 heteroatoms. The van der Waals surface area contributed by atoms with Gasteiger partial charge in [-0.15, -0.1) is 0 Å². The molecule has 0 spiro atoms. The van der Waals surface area contributed by atoms with Crippen LogP contribution in [0.5, 0.6) is 0 Å². The normalized spacial score (nSPS) is 15.3. The summed E-state index contributed by atoms with van der Waals surface area (Å²) in [5.74, 6) is -1.17. The lowest BCUT2D eigenvalue weighted by Crippen LogP contribution is -2.56. The van der Waals surface area contributed by atoms with Gasteiger partial charge in [-0.1, -0.05) is 0 Å². The fraction of sp³-hybridized carbons (Fsp3) is 0.273. The van der Waals surface area contributed by atoms with Crippen molar-refractivity contribution < 1.29 is 13.9 Å². The van der Waals surface area contributed by atoms with Gasteiger partial charge >= 0.3 is 0 Å². The van der Waals surface area contributed by atoms with Crippen LogP contribution in [0.25, 0.3) is 22.0 Å². The number of nitrogens with zero attached hydrogens (tertiary/aromatic N) is 1. The van der Waals surface area contributed by atoms with E-state index in [0.717, 1.165) is 5.56 Å². The number of aryl methyl sites for hydroxylation is 1. The molecule has 0 saturated carbocycles. The van der Waals surface area contributed by atoms with Crippen molar-refractivity contribution in [3.8, 4) is 11.1 Å². The van der Waals surface area contributed by atoms with Gasteiger partial charge < -0.3 is 15.4 Å². The quantitative estimate of drug-likeness (QED) is 0.313. The Labute approximate surface area is 172 Å². The lowest BCUT2D eigenvalue weighted by molar-refractivity contribution is 0.355. The summed E-state index contributed by atoms with van der Waals surface area (Å²) in [5, 5.41) is 30.2. The fourth-order valence-electron chi connectivity index (χ4n) is 4.14. The first kappa shape index (κ1) is 20.0. The zero-order chi connectivity index (χ0) is 22.0. The van der Waals surface area contributed by atoms with Crippen molar-refractivity contribution in [1.82, 2.24) is 4.98 Å². The maximum absolute atomic E-state index is 15.4. The Kier molecular flexibility index (Phi) is 4.43. The average molecular weight is 411 g/mol. The van der Waals surface area contributed by atoms with E-state index in [0.29, 0.717) is 33.4 Å². The van der Waals surface area contributed by atoms with Gasteiger partial charge in [-0.25, -0.2) is 8.78 Å². The number of rotatable bonds is 2. The molecule has 0 saturated heterocycles. The van der Waals surface area contributed by atoms with Gasteiger partial charge in [0.1, 0.15) is 29.9 Å². The van der Waals surface area contributed by atoms with Crippen molar-refractivity contribution in [2.45, 2.75) is 33.2 Å². The predicted octanol–water partition coefficient (Wildman–Crippen LogP) is 4.69. The van der Waals surface area contributed by atoms with E-state index in [1.54, 1.807) is 27.0 Å². The minimum absolute atomic E-state index is 0.0508. The van der Waals surface area contributed by atoms with Crippen LogP contribution in [0.2, 0.25) is 0 Å². The number of fused-ring (bicyclic) bond motifs is 2. The Hall–Kier alpha value is -3.26. The number of nitrogens with one attached hydrogen (secondary N) is 4. The van der Waals surface area contributed by atoms with Crippen LogP contribution in [-0.2, 0) is 0 Å². The molecule has 30 heavy (non-hydrogen) atoms. The number of anilines is 2. The van der Waals surface area contributed by atoms with Crippen molar-refractivity contribution in [2.75, 3.05) is 16.8 Å². The standard InChI is InChI=1S/C22H23F2N5O/c1-10-8-27-19-13(10)5-12(23)6-14(19)18-11(2)20-16(7-15(18)24)28-22(3,4)21(26)29(20)17(25)9-30/h5-8,25-28,30H,9H2,1-4H3. The van der Waals surface area contributed by atoms with Crippen LogP contribution in [0.4, 0.5) is 20.2 Å². The number of benzene rings is 2. The molecule has 0 atom stereocenters. The first-order valence-electron chi connectivity index (χ1n) is 9.53. The highest BCUT2D eigenvalue weighted by Crippen LogP contribution is 2.45. The number of amidine groups is 2. The van der Waals surface area contributed by atoms with Crippen molar-refractivity contribution in [2.24, 2.45) is 0 Å². The van der Waals surface area contributed by atoms with Gasteiger partial charge in [-0.3, -0.25) is 15.7 Å². The zero-order valence-electron chi connectivity index (χ0n) is 17.2. The van der Waals surface area contributed by atoms with Crippen LogP contribution in [0.3, 0.4) is 0 Å².